The van der Waals surface area contributed by atoms with E-state index in [-0.39, 0.29) is 0 Å². The molecule has 0 saturated heterocycles. The summed E-state index contributed by atoms with van der Waals surface area (Å²) in [6.07, 6.45) is 8.95. The van der Waals surface area contributed by atoms with Crippen molar-refractivity contribution in [1.82, 2.24) is 0 Å². The van der Waals surface area contributed by atoms with Crippen molar-refractivity contribution in [2.24, 2.45) is 0 Å². The van der Waals surface area contributed by atoms with E-state index in [1.807, 2.05) is 0 Å². The molecule has 0 spiro atoms. The minimum absolute atomic E-state index is 1.18. The van der Waals surface area contributed by atoms with Crippen LogP contribution in [0.1, 0.15) is 58.3 Å². The van der Waals surface area contributed by atoms with E-state index in [1.54, 1.807) is 0 Å². The standard InChI is InChI=1S/C15H26N.C2BF8/c1-2-3-4-5-6-7-8-10-13-16-14-11-9-12-15-16;4-1(5,2(6,7)8)3(9,10)11/h9,11-12,14-15H,2-8,10,13H2,1H3;/q+1;-1. The Kier molecular flexibility index (Phi) is 11.6. The van der Waals surface area contributed by atoms with E-state index in [0.717, 1.165) is 0 Å². The van der Waals surface area contributed by atoms with Gasteiger partial charge in [-0.15, -0.1) is 0 Å². The molecule has 0 fully saturated rings. The normalized spacial score (nSPS) is 12.5. The Bertz CT molecular complexity index is 472. The van der Waals surface area contributed by atoms with Gasteiger partial charge in [-0.2, -0.15) is 13.2 Å². The number of aryl methyl sites for hydroxylation is 1. The highest BCUT2D eigenvalue weighted by Gasteiger charge is 2.69. The topological polar surface area (TPSA) is 3.88 Å². The van der Waals surface area contributed by atoms with Crippen molar-refractivity contribution in [3.63, 3.8) is 0 Å². The molecule has 0 saturated carbocycles. The van der Waals surface area contributed by atoms with Crippen LogP contribution in [0.25, 0.3) is 0 Å². The molecule has 0 aliphatic carbocycles. The van der Waals surface area contributed by atoms with E-state index < -0.39 is 19.0 Å². The number of unbranched alkanes of at least 4 members (excludes halogenated alkanes) is 7. The zero-order valence-corrected chi connectivity index (χ0v) is 15.3. The highest BCUT2D eigenvalue weighted by atomic mass is 19.4. The second-order valence-corrected chi connectivity index (χ2v) is 6.28. The number of pyridine rings is 1. The first kappa shape index (κ1) is 25.7. The molecule has 1 aromatic rings. The fraction of sp³-hybridized carbons (Fsp3) is 0.706. The average molecular weight is 407 g/mol. The second-order valence-electron chi connectivity index (χ2n) is 6.28. The van der Waals surface area contributed by atoms with Gasteiger partial charge in [-0.05, 0) is 6.42 Å². The number of hydrogen-bond donors (Lipinski definition) is 0. The maximum Gasteiger partial charge on any atom is 0.558 e. The van der Waals surface area contributed by atoms with Crippen LogP contribution < -0.4 is 4.57 Å². The van der Waals surface area contributed by atoms with Crippen LogP contribution in [0.2, 0.25) is 0 Å². The number of nitrogens with zero attached hydrogens (tertiary/aromatic N) is 1. The Hall–Kier alpha value is -1.35. The molecule has 0 radical (unpaired) electrons. The smallest absolute Gasteiger partial charge is 0.445 e. The van der Waals surface area contributed by atoms with Crippen molar-refractivity contribution in [1.29, 1.82) is 0 Å². The largest absolute Gasteiger partial charge is 0.558 e. The molecular formula is C17H26BF8N. The molecule has 10 heteroatoms. The molecular weight excluding hydrogens is 381 g/mol. The van der Waals surface area contributed by atoms with Gasteiger partial charge < -0.3 is 12.9 Å². The highest BCUT2D eigenvalue weighted by molar-refractivity contribution is 6.61. The Morgan fingerprint density at radius 2 is 1.15 bits per heavy atom. The molecule has 1 aromatic heterocycles. The number of hydrogen-bond acceptors (Lipinski definition) is 0. The second kappa shape index (κ2) is 12.2. The summed E-state index contributed by atoms with van der Waals surface area (Å²) in [5.74, 6) is -6.56. The van der Waals surface area contributed by atoms with E-state index in [1.165, 1.54) is 57.9 Å². The van der Waals surface area contributed by atoms with Gasteiger partial charge in [0.15, 0.2) is 12.4 Å². The van der Waals surface area contributed by atoms with Gasteiger partial charge in [0.05, 0.1) is 0 Å². The summed E-state index contributed by atoms with van der Waals surface area (Å²) in [6, 6.07) is 6.28. The number of halogens is 8. The summed E-state index contributed by atoms with van der Waals surface area (Å²) in [5, 5.41) is 0. The third-order valence-electron chi connectivity index (χ3n) is 3.84. The van der Waals surface area contributed by atoms with E-state index >= 15 is 0 Å². The third kappa shape index (κ3) is 10.5. The minimum Gasteiger partial charge on any atom is -0.445 e. The van der Waals surface area contributed by atoms with Crippen molar-refractivity contribution in [3.8, 4) is 0 Å². The van der Waals surface area contributed by atoms with E-state index in [9.17, 15) is 34.9 Å². The number of aromatic nitrogens is 1. The lowest BCUT2D eigenvalue weighted by molar-refractivity contribution is -0.697. The van der Waals surface area contributed by atoms with Crippen molar-refractivity contribution < 1.29 is 39.5 Å². The van der Waals surface area contributed by atoms with Gasteiger partial charge in [0.2, 0.25) is 0 Å². The van der Waals surface area contributed by atoms with Crippen LogP contribution in [0.5, 0.6) is 0 Å². The molecule has 0 N–H and O–H groups in total. The molecule has 1 heterocycles. The fourth-order valence-corrected chi connectivity index (χ4v) is 2.20. The van der Waals surface area contributed by atoms with E-state index in [0.29, 0.717) is 0 Å². The predicted molar refractivity (Wildman–Crippen MR) is 89.3 cm³/mol. The van der Waals surface area contributed by atoms with Crippen molar-refractivity contribution in [2.45, 2.75) is 76.8 Å². The molecule has 158 valence electrons. The summed E-state index contributed by atoms with van der Waals surface area (Å²) >= 11 is 0. The summed E-state index contributed by atoms with van der Waals surface area (Å²) in [4.78, 5) is 0. The summed E-state index contributed by atoms with van der Waals surface area (Å²) in [7, 11) is 0. The summed E-state index contributed by atoms with van der Waals surface area (Å²) in [6.45, 7) is -3.76. The molecule has 1 nitrogen and oxygen atoms in total. The Balaban J connectivity index is 0.000000541. The lowest BCUT2D eigenvalue weighted by Gasteiger charge is -2.28. The van der Waals surface area contributed by atoms with Crippen LogP contribution in [0.4, 0.5) is 34.9 Å². The molecule has 27 heavy (non-hydrogen) atoms. The maximum absolute atomic E-state index is 11.2. The molecule has 0 aliphatic rings. The summed E-state index contributed by atoms with van der Waals surface area (Å²) < 4.78 is 90.1. The molecule has 0 aliphatic heterocycles. The van der Waals surface area contributed by atoms with Crippen LogP contribution in [0.3, 0.4) is 0 Å². The van der Waals surface area contributed by atoms with Crippen LogP contribution in [0, 0.1) is 0 Å². The van der Waals surface area contributed by atoms with Crippen LogP contribution in [-0.4, -0.2) is 19.0 Å². The number of alkyl halides is 5. The average Bonchev–Trinajstić information content (AvgIpc) is 2.57. The minimum atomic E-state index is -7.21. The lowest BCUT2D eigenvalue weighted by Crippen LogP contribution is -2.53. The molecule has 1 rings (SSSR count). The summed E-state index contributed by atoms with van der Waals surface area (Å²) in [5.41, 5.74) is 0. The van der Waals surface area contributed by atoms with Crippen molar-refractivity contribution in [2.75, 3.05) is 0 Å². The van der Waals surface area contributed by atoms with Crippen LogP contribution in [0.15, 0.2) is 30.6 Å². The zero-order valence-electron chi connectivity index (χ0n) is 15.3. The van der Waals surface area contributed by atoms with Crippen molar-refractivity contribution in [3.05, 3.63) is 30.6 Å². The van der Waals surface area contributed by atoms with E-state index in [4.69, 9.17) is 0 Å². The third-order valence-corrected chi connectivity index (χ3v) is 3.84. The van der Waals surface area contributed by atoms with Gasteiger partial charge in [0.1, 0.15) is 6.54 Å². The maximum atomic E-state index is 11.2. The first-order valence-electron chi connectivity index (χ1n) is 9.01. The van der Waals surface area contributed by atoms with Crippen LogP contribution >= 0.6 is 0 Å². The zero-order chi connectivity index (χ0) is 21.0. The fourth-order valence-electron chi connectivity index (χ4n) is 2.20. The lowest BCUT2D eigenvalue weighted by atomic mass is 9.80. The predicted octanol–water partition coefficient (Wildman–Crippen LogP) is 6.69. The Morgan fingerprint density at radius 1 is 0.704 bits per heavy atom. The van der Waals surface area contributed by atoms with Crippen molar-refractivity contribution >= 4 is 6.98 Å². The number of rotatable bonds is 10. The van der Waals surface area contributed by atoms with Gasteiger partial charge in [-0.1, -0.05) is 51.5 Å². The SMILES string of the molecule is CCCCCCCCCC[n+]1ccccc1.F[B-](F)(F)C(F)(F)C(F)(F)F. The van der Waals surface area contributed by atoms with Crippen LogP contribution in [-0.2, 0) is 6.54 Å². The first-order chi connectivity index (χ1) is 12.4. The molecule has 0 atom stereocenters. The molecule has 0 bridgehead atoms. The first-order valence-corrected chi connectivity index (χ1v) is 9.01. The van der Waals surface area contributed by atoms with Gasteiger partial charge in [-0.3, -0.25) is 0 Å². The molecule has 0 unspecified atom stereocenters. The van der Waals surface area contributed by atoms with Gasteiger partial charge in [0, 0.05) is 18.6 Å². The van der Waals surface area contributed by atoms with E-state index in [2.05, 4.69) is 42.1 Å². The molecule has 0 amide bonds. The Morgan fingerprint density at radius 3 is 1.52 bits per heavy atom. The van der Waals surface area contributed by atoms with Gasteiger partial charge in [-0.25, -0.2) is 13.3 Å². The quantitative estimate of drug-likeness (QED) is 0.176. The monoisotopic (exact) mass is 407 g/mol. The Labute approximate surface area is 154 Å². The highest BCUT2D eigenvalue weighted by Crippen LogP contribution is 2.43. The van der Waals surface area contributed by atoms with Gasteiger partial charge in [0.25, 0.3) is 0 Å². The van der Waals surface area contributed by atoms with Gasteiger partial charge >= 0.3 is 19.0 Å². The molecule has 0 aromatic carbocycles.